The minimum Gasteiger partial charge on any atom is -0.488 e. The molecule has 2 saturated carbocycles. The SMILES string of the molecule is C[C@@H]1CN([C@@H](C)CO)C(=O)Cc2cc(NC(=O)NC3CCCCC3)ccc2O[C@H]1CN(C)Cc1ccncc1.C[C@@H]1CN([C@@H](C)COCCN2CCCC2)C(=O)Cc2cc(NC(=O)NC3CCCCC3)ccc2C[C@H]1CN(C)Cc1ccncc1.ClCCN1CCCC1. The van der Waals surface area contributed by atoms with Crippen LogP contribution < -0.4 is 26.0 Å². The van der Waals surface area contributed by atoms with Crippen LogP contribution in [0.4, 0.5) is 21.0 Å². The van der Waals surface area contributed by atoms with Crippen LogP contribution in [0.5, 0.6) is 5.75 Å². The minimum atomic E-state index is -0.306. The van der Waals surface area contributed by atoms with Crippen molar-refractivity contribution in [2.75, 3.05) is 116 Å². The predicted molar refractivity (Wildman–Crippen MR) is 372 cm³/mol. The van der Waals surface area contributed by atoms with Gasteiger partial charge in [0.1, 0.15) is 11.9 Å². The summed E-state index contributed by atoms with van der Waals surface area (Å²) in [5.74, 6) is 2.15. The van der Waals surface area contributed by atoms with Crippen molar-refractivity contribution in [3.8, 4) is 5.75 Å². The lowest BCUT2D eigenvalue weighted by atomic mass is 9.85. The minimum absolute atomic E-state index is 0.0205. The fourth-order valence-corrected chi connectivity index (χ4v) is 14.3. The summed E-state index contributed by atoms with van der Waals surface area (Å²) in [6.45, 7) is 20.8. The number of pyridine rings is 2. The Labute approximate surface area is 560 Å². The smallest absolute Gasteiger partial charge is 0.319 e. The molecule has 4 fully saturated rings. The number of carbonyl (C=O) groups is 4. The summed E-state index contributed by atoms with van der Waals surface area (Å²) in [5.41, 5.74) is 6.69. The molecule has 10 rings (SSSR count). The standard InChI is InChI=1S/C37H56N6O3.C30H43N5O4.C6H12ClN/c1-28-24-43(29(2)27-46-20-19-42-17-7-8-18-42)36(44)23-32-22-35(40-37(45)39-34-9-5-4-6-10-34)12-11-31(32)21-33(28)26-41(3)25-30-13-15-38-16-14-30;1-21-17-35(22(2)20-36)29(37)16-24-15-26(33-30(38)32-25-7-5-4-6-8-25)9-10-27(24)39-28(21)19-34(3)18-23-11-13-31-14-12-23;7-3-6-8-4-1-2-5-8/h11-16,22,28-29,33-34H,4-10,17-21,23-27H2,1-3H3,(H2,39,40,45);9-15,21-22,25,28,36H,4-8,16-20H2,1-3H3,(H2,32,33,38);1-6H2/t28-,29+,33+;21-,22+,28+;/m11./s1. The number of aliphatic hydroxyl groups excluding tert-OH is 1. The number of urea groups is 2. The highest BCUT2D eigenvalue weighted by Gasteiger charge is 2.33. The van der Waals surface area contributed by atoms with Gasteiger partial charge in [0.2, 0.25) is 11.8 Å². The first-order chi connectivity index (χ1) is 45.1. The van der Waals surface area contributed by atoms with Gasteiger partial charge >= 0.3 is 12.1 Å². The Balaban J connectivity index is 0.000000215. The van der Waals surface area contributed by atoms with E-state index in [4.69, 9.17) is 21.1 Å². The normalized spacial score (nSPS) is 21.8. The first-order valence-corrected chi connectivity index (χ1v) is 35.6. The largest absolute Gasteiger partial charge is 0.488 e. The highest BCUT2D eigenvalue weighted by molar-refractivity contribution is 6.18. The molecule has 0 unspecified atom stereocenters. The van der Waals surface area contributed by atoms with E-state index in [1.807, 2.05) is 61.8 Å². The van der Waals surface area contributed by atoms with E-state index in [9.17, 15) is 24.3 Å². The molecule has 2 saturated heterocycles. The van der Waals surface area contributed by atoms with Crippen LogP contribution in [0.1, 0.15) is 145 Å². The quantitative estimate of drug-likeness (QED) is 0.0368. The zero-order valence-electron chi connectivity index (χ0n) is 56.9. The number of nitrogens with zero attached hydrogens (tertiary/aromatic N) is 8. The van der Waals surface area contributed by atoms with Crippen molar-refractivity contribution >= 4 is 46.9 Å². The number of rotatable bonds is 22. The number of benzene rings is 2. The van der Waals surface area contributed by atoms with Crippen LogP contribution in [0, 0.1) is 17.8 Å². The molecule has 6 amide bonds. The first-order valence-electron chi connectivity index (χ1n) is 35.1. The lowest BCUT2D eigenvalue weighted by molar-refractivity contribution is -0.135. The molecule has 512 valence electrons. The number of hydrogen-bond donors (Lipinski definition) is 5. The molecule has 6 atom stereocenters. The summed E-state index contributed by atoms with van der Waals surface area (Å²) < 4.78 is 12.8. The second kappa shape index (κ2) is 38.6. The van der Waals surface area contributed by atoms with Crippen molar-refractivity contribution in [1.82, 2.24) is 50.0 Å². The maximum Gasteiger partial charge on any atom is 0.319 e. The number of likely N-dealkylation sites (N-methyl/N-ethyl adjacent to an activating group) is 1. The molecule has 2 aromatic carbocycles. The van der Waals surface area contributed by atoms with Gasteiger partial charge < -0.3 is 60.3 Å². The molecular weight excluding hydrogens is 1190 g/mol. The van der Waals surface area contributed by atoms with Gasteiger partial charge in [0, 0.05) is 118 Å². The van der Waals surface area contributed by atoms with Gasteiger partial charge in [-0.05, 0) is 201 Å². The molecule has 2 aliphatic carbocycles. The summed E-state index contributed by atoms with van der Waals surface area (Å²) >= 11 is 5.54. The predicted octanol–water partition coefficient (Wildman–Crippen LogP) is 10.5. The zero-order chi connectivity index (χ0) is 65.9. The van der Waals surface area contributed by atoms with E-state index in [1.54, 1.807) is 17.3 Å². The third-order valence-electron chi connectivity index (χ3n) is 19.6. The highest BCUT2D eigenvalue weighted by atomic mass is 35.5. The molecule has 6 aliphatic rings. The Bertz CT molecular complexity index is 2870. The van der Waals surface area contributed by atoms with Crippen molar-refractivity contribution in [2.45, 2.75) is 180 Å². The summed E-state index contributed by atoms with van der Waals surface area (Å²) in [5, 5.41) is 22.1. The molecule has 5 N–H and O–H groups in total. The molecule has 4 aromatic rings. The number of fused-ring (bicyclic) bond motifs is 2. The summed E-state index contributed by atoms with van der Waals surface area (Å²) in [6, 6.07) is 19.6. The van der Waals surface area contributed by atoms with E-state index in [0.717, 1.165) is 119 Å². The van der Waals surface area contributed by atoms with Crippen LogP contribution in [-0.2, 0) is 46.7 Å². The Kier molecular flexibility index (Phi) is 30.2. The number of carbonyl (C=O) groups excluding carboxylic acids is 4. The van der Waals surface area contributed by atoms with Gasteiger partial charge in [-0.15, -0.1) is 11.6 Å². The third kappa shape index (κ3) is 24.3. The average Bonchev–Trinajstić information content (AvgIpc) is 1.93. The number of nitrogens with one attached hydrogen (secondary N) is 4. The lowest BCUT2D eigenvalue weighted by Gasteiger charge is -2.35. The maximum atomic E-state index is 14.0. The van der Waals surface area contributed by atoms with E-state index in [0.29, 0.717) is 62.5 Å². The van der Waals surface area contributed by atoms with Crippen LogP contribution in [0.3, 0.4) is 0 Å². The van der Waals surface area contributed by atoms with Gasteiger partial charge in [0.15, 0.2) is 0 Å². The van der Waals surface area contributed by atoms with Crippen molar-refractivity contribution in [3.63, 3.8) is 0 Å². The number of anilines is 2. The van der Waals surface area contributed by atoms with E-state index in [-0.39, 0.29) is 73.1 Å². The van der Waals surface area contributed by atoms with Gasteiger partial charge in [-0.25, -0.2) is 9.59 Å². The van der Waals surface area contributed by atoms with E-state index in [1.165, 1.54) is 75.6 Å². The van der Waals surface area contributed by atoms with E-state index in [2.05, 4.69) is 109 Å². The molecule has 0 radical (unpaired) electrons. The Morgan fingerprint density at radius 2 is 1.13 bits per heavy atom. The molecule has 20 heteroatoms. The third-order valence-corrected chi connectivity index (χ3v) is 19.8. The molecule has 6 heterocycles. The van der Waals surface area contributed by atoms with Crippen molar-refractivity contribution in [3.05, 3.63) is 113 Å². The Morgan fingerprint density at radius 1 is 0.634 bits per heavy atom. The summed E-state index contributed by atoms with van der Waals surface area (Å²) in [7, 11) is 4.24. The van der Waals surface area contributed by atoms with Gasteiger partial charge in [-0.3, -0.25) is 24.5 Å². The van der Waals surface area contributed by atoms with Crippen molar-refractivity contribution < 1.29 is 33.8 Å². The van der Waals surface area contributed by atoms with Crippen molar-refractivity contribution in [2.24, 2.45) is 17.8 Å². The van der Waals surface area contributed by atoms with Crippen LogP contribution >= 0.6 is 11.6 Å². The van der Waals surface area contributed by atoms with Crippen LogP contribution in [0.15, 0.2) is 85.5 Å². The molecule has 19 nitrogen and oxygen atoms in total. The number of amides is 6. The number of ether oxygens (including phenoxy) is 2. The number of hydrogen-bond acceptors (Lipinski definition) is 13. The zero-order valence-corrected chi connectivity index (χ0v) is 57.6. The second-order valence-corrected chi connectivity index (χ2v) is 27.9. The molecule has 93 heavy (non-hydrogen) atoms. The monoisotopic (exact) mass is 1300 g/mol. The van der Waals surface area contributed by atoms with Crippen LogP contribution in [0.25, 0.3) is 0 Å². The molecular formula is C73H111ClN12O7. The topological polar surface area (TPSA) is 200 Å². The molecule has 0 bridgehead atoms. The van der Waals surface area contributed by atoms with Gasteiger partial charge in [-0.2, -0.15) is 0 Å². The number of aliphatic hydroxyl groups is 1. The highest BCUT2D eigenvalue weighted by Crippen LogP contribution is 2.32. The van der Waals surface area contributed by atoms with E-state index >= 15 is 0 Å². The lowest BCUT2D eigenvalue weighted by Crippen LogP contribution is -2.47. The fraction of sp³-hybridized carbons (Fsp3) is 0.644. The summed E-state index contributed by atoms with van der Waals surface area (Å²) in [4.78, 5) is 74.6. The number of likely N-dealkylation sites (tertiary alicyclic amines) is 2. The average molecular weight is 1300 g/mol. The molecule has 0 spiro atoms. The summed E-state index contributed by atoms with van der Waals surface area (Å²) in [6.07, 6.45) is 24.9. The van der Waals surface area contributed by atoms with E-state index < -0.39 is 0 Å². The van der Waals surface area contributed by atoms with Crippen LogP contribution in [-0.4, -0.2) is 204 Å². The Morgan fingerprint density at radius 3 is 1.68 bits per heavy atom. The molecule has 4 aliphatic heterocycles. The maximum absolute atomic E-state index is 14.0. The van der Waals surface area contributed by atoms with Crippen LogP contribution in [0.2, 0.25) is 0 Å². The molecule has 2 aromatic heterocycles. The van der Waals surface area contributed by atoms with Crippen molar-refractivity contribution in [1.29, 1.82) is 0 Å². The number of halogens is 1. The van der Waals surface area contributed by atoms with Gasteiger partial charge in [0.25, 0.3) is 0 Å². The Hall–Kier alpha value is -5.93. The first kappa shape index (κ1) is 72.9. The van der Waals surface area contributed by atoms with Gasteiger partial charge in [-0.1, -0.05) is 58.4 Å². The second-order valence-electron chi connectivity index (χ2n) is 27.5. The number of aromatic nitrogens is 2. The number of alkyl halides is 1. The fourth-order valence-electron chi connectivity index (χ4n) is 14.1. The van der Waals surface area contributed by atoms with Gasteiger partial charge in [0.05, 0.1) is 44.7 Å².